The van der Waals surface area contributed by atoms with E-state index in [-0.39, 0.29) is 17.5 Å². The molecule has 88 valence electrons. The van der Waals surface area contributed by atoms with Crippen molar-refractivity contribution in [3.05, 3.63) is 29.8 Å². The molecule has 0 fully saturated rings. The average molecular weight is 245 g/mol. The van der Waals surface area contributed by atoms with Crippen LogP contribution in [-0.4, -0.2) is 11.2 Å². The minimum absolute atomic E-state index is 0.0433. The van der Waals surface area contributed by atoms with Gasteiger partial charge in [0.1, 0.15) is 11.6 Å². The van der Waals surface area contributed by atoms with Crippen molar-refractivity contribution in [2.75, 3.05) is 5.32 Å². The third-order valence-corrected chi connectivity index (χ3v) is 2.86. The van der Waals surface area contributed by atoms with Crippen molar-refractivity contribution >= 4 is 24.2 Å². The van der Waals surface area contributed by atoms with E-state index in [0.717, 1.165) is 18.2 Å². The summed E-state index contributed by atoms with van der Waals surface area (Å²) in [6.07, 6.45) is 0. The molecule has 0 aliphatic rings. The molecule has 0 spiro atoms. The van der Waals surface area contributed by atoms with Crippen LogP contribution in [0.4, 0.5) is 14.5 Å². The third kappa shape index (κ3) is 3.48. The van der Waals surface area contributed by atoms with Gasteiger partial charge >= 0.3 is 0 Å². The molecule has 1 aromatic rings. The van der Waals surface area contributed by atoms with Gasteiger partial charge in [-0.25, -0.2) is 8.78 Å². The first kappa shape index (κ1) is 13.0. The molecule has 1 atom stereocenters. The van der Waals surface area contributed by atoms with Gasteiger partial charge in [-0.2, -0.15) is 12.6 Å². The Balaban J connectivity index is 2.77. The molecule has 0 heterocycles. The predicted octanol–water partition coefficient (Wildman–Crippen LogP) is 2.86. The molecule has 1 rings (SSSR count). The normalized spacial score (nSPS) is 12.6. The van der Waals surface area contributed by atoms with Crippen LogP contribution >= 0.6 is 12.6 Å². The van der Waals surface area contributed by atoms with Crippen LogP contribution in [0.15, 0.2) is 18.2 Å². The second-order valence-electron chi connectivity index (χ2n) is 3.84. The summed E-state index contributed by atoms with van der Waals surface area (Å²) in [6, 6.07) is 2.86. The fourth-order valence-corrected chi connectivity index (χ4v) is 1.21. The van der Waals surface area contributed by atoms with E-state index in [1.54, 1.807) is 0 Å². The third-order valence-electron chi connectivity index (χ3n) is 2.03. The highest BCUT2D eigenvalue weighted by molar-refractivity contribution is 7.81. The van der Waals surface area contributed by atoms with Gasteiger partial charge in [0.15, 0.2) is 0 Å². The number of carbonyl (C=O) groups is 1. The van der Waals surface area contributed by atoms with Crippen LogP contribution in [0.25, 0.3) is 0 Å². The van der Waals surface area contributed by atoms with E-state index in [9.17, 15) is 13.6 Å². The van der Waals surface area contributed by atoms with E-state index < -0.39 is 16.9 Å². The molecule has 1 aromatic carbocycles. The van der Waals surface area contributed by atoms with E-state index >= 15 is 0 Å². The molecule has 5 heteroatoms. The van der Waals surface area contributed by atoms with Gasteiger partial charge in [0.25, 0.3) is 0 Å². The van der Waals surface area contributed by atoms with E-state index in [0.29, 0.717) is 0 Å². The van der Waals surface area contributed by atoms with Gasteiger partial charge in [-0.05, 0) is 18.1 Å². The summed E-state index contributed by atoms with van der Waals surface area (Å²) < 4.78 is 25.7. The number of thiol groups is 1. The maximum atomic E-state index is 12.8. The number of carbonyl (C=O) groups excluding carboxylic acids is 1. The summed E-state index contributed by atoms with van der Waals surface area (Å²) in [7, 11) is 0. The minimum atomic E-state index is -0.726. The van der Waals surface area contributed by atoms with Crippen LogP contribution < -0.4 is 5.32 Å². The monoisotopic (exact) mass is 245 g/mol. The quantitative estimate of drug-likeness (QED) is 0.788. The molecule has 16 heavy (non-hydrogen) atoms. The highest BCUT2D eigenvalue weighted by Crippen LogP contribution is 2.16. The topological polar surface area (TPSA) is 29.1 Å². The first-order valence-corrected chi connectivity index (χ1v) is 5.37. The molecule has 0 radical (unpaired) electrons. The Bertz CT molecular complexity index is 375. The number of halogens is 2. The number of hydrogen-bond acceptors (Lipinski definition) is 2. The number of amides is 1. The van der Waals surface area contributed by atoms with Crippen molar-refractivity contribution in [3.63, 3.8) is 0 Å². The Kier molecular flexibility index (Phi) is 4.29. The number of anilines is 1. The molecule has 1 amide bonds. The lowest BCUT2D eigenvalue weighted by atomic mass is 10.1. The molecule has 0 aliphatic carbocycles. The number of benzene rings is 1. The summed E-state index contributed by atoms with van der Waals surface area (Å²) in [5, 5.41) is 1.90. The molecular formula is C11H13F2NOS. The zero-order chi connectivity index (χ0) is 12.3. The van der Waals surface area contributed by atoms with Crippen molar-refractivity contribution in [1.29, 1.82) is 0 Å². The fourth-order valence-electron chi connectivity index (χ4n) is 1.14. The van der Waals surface area contributed by atoms with Crippen molar-refractivity contribution in [3.8, 4) is 0 Å². The molecule has 0 saturated heterocycles. The Morgan fingerprint density at radius 3 is 2.19 bits per heavy atom. The smallest absolute Gasteiger partial charge is 0.237 e. The van der Waals surface area contributed by atoms with Crippen molar-refractivity contribution in [2.45, 2.75) is 19.1 Å². The van der Waals surface area contributed by atoms with Gasteiger partial charge in [0.05, 0.1) is 5.25 Å². The fraction of sp³-hybridized carbons (Fsp3) is 0.364. The molecule has 1 N–H and O–H groups in total. The Labute approximate surface area is 98.5 Å². The van der Waals surface area contributed by atoms with Gasteiger partial charge in [0, 0.05) is 11.8 Å². The van der Waals surface area contributed by atoms with Gasteiger partial charge in [0.2, 0.25) is 5.91 Å². The summed E-state index contributed by atoms with van der Waals surface area (Å²) in [4.78, 5) is 11.5. The zero-order valence-corrected chi connectivity index (χ0v) is 9.89. The van der Waals surface area contributed by atoms with Crippen LogP contribution in [0.3, 0.4) is 0 Å². The van der Waals surface area contributed by atoms with Crippen LogP contribution in [0.2, 0.25) is 0 Å². The van der Waals surface area contributed by atoms with Crippen molar-refractivity contribution in [2.24, 2.45) is 5.92 Å². The molecule has 0 aliphatic heterocycles. The number of hydrogen-bond donors (Lipinski definition) is 2. The van der Waals surface area contributed by atoms with Gasteiger partial charge in [-0.3, -0.25) is 4.79 Å². The largest absolute Gasteiger partial charge is 0.325 e. The van der Waals surface area contributed by atoms with Crippen LogP contribution in [0.5, 0.6) is 0 Å². The molecule has 0 bridgehead atoms. The van der Waals surface area contributed by atoms with Crippen molar-refractivity contribution < 1.29 is 13.6 Å². The summed E-state index contributed by atoms with van der Waals surface area (Å²) in [5.41, 5.74) is 0.0993. The van der Waals surface area contributed by atoms with E-state index in [1.165, 1.54) is 0 Å². The highest BCUT2D eigenvalue weighted by atomic mass is 32.1. The molecule has 1 unspecified atom stereocenters. The lowest BCUT2D eigenvalue weighted by molar-refractivity contribution is -0.116. The first-order chi connectivity index (χ1) is 7.40. The first-order valence-electron chi connectivity index (χ1n) is 4.85. The van der Waals surface area contributed by atoms with Crippen molar-refractivity contribution in [1.82, 2.24) is 0 Å². The second kappa shape index (κ2) is 5.30. The predicted molar refractivity (Wildman–Crippen MR) is 62.6 cm³/mol. The van der Waals surface area contributed by atoms with Gasteiger partial charge < -0.3 is 5.32 Å². The maximum absolute atomic E-state index is 12.8. The standard InChI is InChI=1S/C11H13F2NOS/c1-6(2)10(16)11(15)14-9-4-7(12)3-8(13)5-9/h3-6,10,16H,1-2H3,(H,14,15). The van der Waals surface area contributed by atoms with Crippen LogP contribution in [0.1, 0.15) is 13.8 Å². The molecular weight excluding hydrogens is 232 g/mol. The summed E-state index contributed by atoms with van der Waals surface area (Å²) in [5.74, 6) is -1.78. The van der Waals surface area contributed by atoms with Gasteiger partial charge in [-0.1, -0.05) is 13.8 Å². The summed E-state index contributed by atoms with van der Waals surface area (Å²) in [6.45, 7) is 3.67. The van der Waals surface area contributed by atoms with E-state index in [4.69, 9.17) is 0 Å². The zero-order valence-electron chi connectivity index (χ0n) is 9.00. The van der Waals surface area contributed by atoms with E-state index in [1.807, 2.05) is 13.8 Å². The molecule has 0 aromatic heterocycles. The maximum Gasteiger partial charge on any atom is 0.237 e. The summed E-state index contributed by atoms with van der Waals surface area (Å²) >= 11 is 4.10. The average Bonchev–Trinajstić information content (AvgIpc) is 2.14. The molecule has 0 saturated carbocycles. The lowest BCUT2D eigenvalue weighted by Gasteiger charge is -2.14. The second-order valence-corrected chi connectivity index (χ2v) is 4.39. The molecule has 2 nitrogen and oxygen atoms in total. The Morgan fingerprint density at radius 1 is 1.25 bits per heavy atom. The number of rotatable bonds is 3. The SMILES string of the molecule is CC(C)C(S)C(=O)Nc1cc(F)cc(F)c1. The lowest BCUT2D eigenvalue weighted by Crippen LogP contribution is -2.27. The minimum Gasteiger partial charge on any atom is -0.325 e. The van der Waals surface area contributed by atoms with Crippen LogP contribution in [0, 0.1) is 17.6 Å². The number of nitrogens with one attached hydrogen (secondary N) is 1. The Hall–Kier alpha value is -1.10. The Morgan fingerprint density at radius 2 is 1.75 bits per heavy atom. The highest BCUT2D eigenvalue weighted by Gasteiger charge is 2.17. The van der Waals surface area contributed by atoms with E-state index in [2.05, 4.69) is 17.9 Å². The van der Waals surface area contributed by atoms with Crippen LogP contribution in [-0.2, 0) is 4.79 Å². The van der Waals surface area contributed by atoms with Gasteiger partial charge in [-0.15, -0.1) is 0 Å².